The fraction of sp³-hybridized carbons (Fsp3) is 0.429. The minimum atomic E-state index is -3.73. The van der Waals surface area contributed by atoms with Crippen LogP contribution in [0.5, 0.6) is 0 Å². The zero-order chi connectivity index (χ0) is 16.3. The van der Waals surface area contributed by atoms with E-state index in [1.807, 2.05) is 0 Å². The maximum atomic E-state index is 14.4. The molecule has 3 N–H and O–H groups in total. The van der Waals surface area contributed by atoms with Crippen molar-refractivity contribution in [3.63, 3.8) is 0 Å². The zero-order valence-corrected chi connectivity index (χ0v) is 13.2. The highest BCUT2D eigenvalue weighted by Crippen LogP contribution is 2.44. The van der Waals surface area contributed by atoms with Crippen molar-refractivity contribution in [3.8, 4) is 0 Å². The lowest BCUT2D eigenvalue weighted by Gasteiger charge is -2.45. The van der Waals surface area contributed by atoms with Gasteiger partial charge in [-0.05, 0) is 25.1 Å². The third kappa shape index (κ3) is 1.83. The van der Waals surface area contributed by atoms with Gasteiger partial charge in [0.05, 0.1) is 12.7 Å². The summed E-state index contributed by atoms with van der Waals surface area (Å²) in [4.78, 5) is 0. The number of benzene rings is 1. The second kappa shape index (κ2) is 4.60. The lowest BCUT2D eigenvalue weighted by molar-refractivity contribution is 0.114. The largest absolute Gasteiger partial charge is 0.399 e. The van der Waals surface area contributed by atoms with Crippen LogP contribution >= 0.6 is 0 Å². The van der Waals surface area contributed by atoms with E-state index >= 15 is 0 Å². The number of nitrogens with zero attached hydrogens (tertiary/aromatic N) is 1. The third-order valence-corrected chi connectivity index (χ3v) is 6.82. The molecule has 3 atom stereocenters. The van der Waals surface area contributed by atoms with E-state index in [-0.39, 0.29) is 18.0 Å². The van der Waals surface area contributed by atoms with Crippen LogP contribution < -0.4 is 11.1 Å². The molecule has 22 heavy (non-hydrogen) atoms. The first-order valence-corrected chi connectivity index (χ1v) is 8.32. The quantitative estimate of drug-likeness (QED) is 0.743. The van der Waals surface area contributed by atoms with E-state index in [2.05, 4.69) is 11.9 Å². The number of halogens is 1. The SMILES string of the molecule is C=C1N[C@@]2(c3cc(N)ccc3F)CO[C@H](C)[C@H]2S(=O)(=O)N1C. The maximum Gasteiger partial charge on any atom is 0.244 e. The normalized spacial score (nSPS) is 33.4. The first-order chi connectivity index (χ1) is 10.2. The summed E-state index contributed by atoms with van der Waals surface area (Å²) in [6.07, 6.45) is -0.589. The average molecular weight is 327 g/mol. The number of rotatable bonds is 1. The lowest BCUT2D eigenvalue weighted by atomic mass is 9.86. The standard InChI is InChI=1S/C14H18FN3O3S/c1-8-13-14(7-21-8,11-6-10(16)4-5-12(11)15)17-9(2)18(3)22(13,19)20/h4-6,8,13,17H,2,7,16H2,1,3H3/t8-,13-,14-/m1/s1. The number of sulfonamides is 1. The van der Waals surface area contributed by atoms with Crippen molar-refractivity contribution in [1.82, 2.24) is 9.62 Å². The van der Waals surface area contributed by atoms with Crippen LogP contribution in [-0.4, -0.2) is 37.7 Å². The number of ether oxygens (including phenoxy) is 1. The Balaban J connectivity index is 2.26. The molecule has 1 aromatic rings. The van der Waals surface area contributed by atoms with Gasteiger partial charge in [-0.25, -0.2) is 12.8 Å². The molecule has 1 aromatic carbocycles. The van der Waals surface area contributed by atoms with E-state index in [0.717, 1.165) is 4.31 Å². The van der Waals surface area contributed by atoms with E-state index in [1.54, 1.807) is 6.92 Å². The highest BCUT2D eigenvalue weighted by molar-refractivity contribution is 7.90. The van der Waals surface area contributed by atoms with Gasteiger partial charge in [-0.2, -0.15) is 0 Å². The van der Waals surface area contributed by atoms with Crippen molar-refractivity contribution in [2.75, 3.05) is 19.4 Å². The number of hydrogen-bond acceptors (Lipinski definition) is 5. The molecule has 0 aliphatic carbocycles. The average Bonchev–Trinajstić information content (AvgIpc) is 2.78. The molecule has 0 aromatic heterocycles. The molecule has 2 fully saturated rings. The lowest BCUT2D eigenvalue weighted by Crippen LogP contribution is -2.64. The summed E-state index contributed by atoms with van der Waals surface area (Å²) in [5.41, 5.74) is 5.06. The van der Waals surface area contributed by atoms with Crippen LogP contribution in [0.15, 0.2) is 30.6 Å². The van der Waals surface area contributed by atoms with Gasteiger partial charge >= 0.3 is 0 Å². The second-order valence-corrected chi connectivity index (χ2v) is 7.82. The summed E-state index contributed by atoms with van der Waals surface area (Å²) in [5, 5.41) is 2.08. The Bertz CT molecular complexity index is 752. The Labute approximate surface area is 128 Å². The molecule has 2 saturated heterocycles. The molecule has 3 rings (SSSR count). The monoisotopic (exact) mass is 327 g/mol. The molecule has 0 saturated carbocycles. The molecule has 120 valence electrons. The summed E-state index contributed by atoms with van der Waals surface area (Å²) >= 11 is 0. The molecular weight excluding hydrogens is 309 g/mol. The van der Waals surface area contributed by atoms with Gasteiger partial charge in [0.1, 0.15) is 22.4 Å². The van der Waals surface area contributed by atoms with Crippen LogP contribution in [0.1, 0.15) is 12.5 Å². The molecule has 2 aliphatic heterocycles. The van der Waals surface area contributed by atoms with E-state index in [4.69, 9.17) is 10.5 Å². The number of hydrogen-bond donors (Lipinski definition) is 2. The second-order valence-electron chi connectivity index (χ2n) is 5.73. The van der Waals surface area contributed by atoms with Crippen molar-refractivity contribution in [2.45, 2.75) is 23.8 Å². The van der Waals surface area contributed by atoms with E-state index in [0.29, 0.717) is 5.69 Å². The smallest absolute Gasteiger partial charge is 0.244 e. The molecule has 2 heterocycles. The summed E-state index contributed by atoms with van der Waals surface area (Å²) in [7, 11) is -2.32. The van der Waals surface area contributed by atoms with Gasteiger partial charge < -0.3 is 15.8 Å². The molecular formula is C14H18FN3O3S. The zero-order valence-electron chi connectivity index (χ0n) is 12.3. The number of fused-ring (bicyclic) bond motifs is 1. The summed E-state index contributed by atoms with van der Waals surface area (Å²) in [5.74, 6) is -0.354. The Morgan fingerprint density at radius 1 is 1.55 bits per heavy atom. The first-order valence-electron chi connectivity index (χ1n) is 6.82. The topological polar surface area (TPSA) is 84.7 Å². The van der Waals surface area contributed by atoms with Crippen LogP contribution in [0.25, 0.3) is 0 Å². The van der Waals surface area contributed by atoms with Crippen molar-refractivity contribution in [2.24, 2.45) is 0 Å². The predicted molar refractivity (Wildman–Crippen MR) is 80.7 cm³/mol. The Hall–Kier alpha value is -1.80. The Morgan fingerprint density at radius 2 is 2.23 bits per heavy atom. The van der Waals surface area contributed by atoms with E-state index < -0.39 is 32.7 Å². The Morgan fingerprint density at radius 3 is 2.91 bits per heavy atom. The van der Waals surface area contributed by atoms with Crippen LogP contribution in [0.2, 0.25) is 0 Å². The number of anilines is 1. The van der Waals surface area contributed by atoms with Gasteiger partial charge in [0, 0.05) is 18.3 Å². The van der Waals surface area contributed by atoms with E-state index in [1.165, 1.54) is 25.2 Å². The minimum absolute atomic E-state index is 0.0191. The fourth-order valence-corrected chi connectivity index (χ4v) is 5.30. The fourth-order valence-electron chi connectivity index (χ4n) is 3.28. The minimum Gasteiger partial charge on any atom is -0.399 e. The highest BCUT2D eigenvalue weighted by Gasteiger charge is 2.61. The van der Waals surface area contributed by atoms with Gasteiger partial charge in [-0.3, -0.25) is 4.31 Å². The first kappa shape index (κ1) is 15.1. The summed E-state index contributed by atoms with van der Waals surface area (Å²) in [6.45, 7) is 5.41. The van der Waals surface area contributed by atoms with Gasteiger partial charge in [0.2, 0.25) is 10.0 Å². The van der Waals surface area contributed by atoms with Crippen LogP contribution in [-0.2, 0) is 20.3 Å². The highest BCUT2D eigenvalue weighted by atomic mass is 32.2. The van der Waals surface area contributed by atoms with Crippen LogP contribution in [0.3, 0.4) is 0 Å². The number of nitrogen functional groups attached to an aromatic ring is 1. The third-order valence-electron chi connectivity index (χ3n) is 4.41. The van der Waals surface area contributed by atoms with Gasteiger partial charge in [0.25, 0.3) is 0 Å². The molecule has 0 radical (unpaired) electrons. The van der Waals surface area contributed by atoms with Crippen LogP contribution in [0, 0.1) is 5.82 Å². The van der Waals surface area contributed by atoms with Gasteiger partial charge in [0.15, 0.2) is 0 Å². The Kier molecular flexibility index (Phi) is 3.16. The van der Waals surface area contributed by atoms with Gasteiger partial charge in [-0.1, -0.05) is 6.58 Å². The molecule has 0 spiro atoms. The maximum absolute atomic E-state index is 14.4. The summed E-state index contributed by atoms with van der Waals surface area (Å²) in [6, 6.07) is 4.11. The van der Waals surface area contributed by atoms with Crippen molar-refractivity contribution in [1.29, 1.82) is 0 Å². The van der Waals surface area contributed by atoms with Crippen molar-refractivity contribution < 1.29 is 17.5 Å². The molecule has 0 bridgehead atoms. The summed E-state index contributed by atoms with van der Waals surface area (Å²) < 4.78 is 46.6. The molecule has 0 amide bonds. The van der Waals surface area contributed by atoms with Gasteiger partial charge in [-0.15, -0.1) is 0 Å². The van der Waals surface area contributed by atoms with E-state index in [9.17, 15) is 12.8 Å². The number of nitrogens with one attached hydrogen (secondary N) is 1. The number of nitrogens with two attached hydrogens (primary N) is 1. The molecule has 0 unspecified atom stereocenters. The van der Waals surface area contributed by atoms with Crippen molar-refractivity contribution in [3.05, 3.63) is 42.0 Å². The van der Waals surface area contributed by atoms with Crippen molar-refractivity contribution >= 4 is 15.7 Å². The predicted octanol–water partition coefficient (Wildman–Crippen LogP) is 0.726. The molecule has 2 aliphatic rings. The van der Waals surface area contributed by atoms with Crippen LogP contribution in [0.4, 0.5) is 10.1 Å². The molecule has 6 nitrogen and oxygen atoms in total. The molecule has 8 heteroatoms.